The summed E-state index contributed by atoms with van der Waals surface area (Å²) < 4.78 is 0. The molecule has 1 fully saturated rings. The van der Waals surface area contributed by atoms with E-state index in [0.29, 0.717) is 17.1 Å². The normalized spacial score (nSPS) is 20.7. The van der Waals surface area contributed by atoms with Gasteiger partial charge >= 0.3 is 0 Å². The second-order valence-electron chi connectivity index (χ2n) is 7.02. The Morgan fingerprint density at radius 1 is 0.967 bits per heavy atom. The third-order valence-electron chi connectivity index (χ3n) is 4.91. The molecule has 2 aliphatic rings. The minimum Gasteiger partial charge on any atom is -0.298 e. The first-order valence-corrected chi connectivity index (χ1v) is 9.70. The minimum absolute atomic E-state index is 0.0000487. The van der Waals surface area contributed by atoms with Crippen LogP contribution in [0.2, 0.25) is 0 Å². The van der Waals surface area contributed by atoms with Crippen molar-refractivity contribution in [3.8, 4) is 0 Å². The molecule has 0 aliphatic carbocycles. The monoisotopic (exact) mass is 418 g/mol. The predicted molar refractivity (Wildman–Crippen MR) is 118 cm³/mol. The van der Waals surface area contributed by atoms with Crippen LogP contribution in [0.1, 0.15) is 12.5 Å². The lowest BCUT2D eigenvalue weighted by Gasteiger charge is -2.29. The van der Waals surface area contributed by atoms with Crippen molar-refractivity contribution in [1.82, 2.24) is 5.32 Å². The molecule has 7 nitrogen and oxygen atoms in total. The van der Waals surface area contributed by atoms with E-state index in [1.807, 2.05) is 25.1 Å². The molecule has 30 heavy (non-hydrogen) atoms. The summed E-state index contributed by atoms with van der Waals surface area (Å²) in [6, 6.07) is 16.2. The molecular weight excluding hydrogens is 400 g/mol. The number of para-hydroxylation sites is 1. The molecule has 1 N–H and O–H groups in total. The van der Waals surface area contributed by atoms with Crippen molar-refractivity contribution >= 4 is 52.1 Å². The summed E-state index contributed by atoms with van der Waals surface area (Å²) in [5.74, 6) is -2.36. The van der Waals surface area contributed by atoms with E-state index in [1.54, 1.807) is 43.3 Å². The number of hydrazone groups is 1. The van der Waals surface area contributed by atoms with E-state index >= 15 is 0 Å². The van der Waals surface area contributed by atoms with E-state index in [4.69, 9.17) is 12.2 Å². The largest absolute Gasteiger partial charge is 0.298 e. The van der Waals surface area contributed by atoms with Gasteiger partial charge in [0.05, 0.1) is 23.0 Å². The molecule has 1 saturated heterocycles. The van der Waals surface area contributed by atoms with E-state index in [0.717, 1.165) is 5.56 Å². The Hall–Kier alpha value is -3.65. The van der Waals surface area contributed by atoms with Crippen LogP contribution in [0.15, 0.2) is 71.3 Å². The third kappa shape index (κ3) is 3.42. The molecular formula is C22H18N4O3S. The van der Waals surface area contributed by atoms with E-state index in [9.17, 15) is 14.4 Å². The van der Waals surface area contributed by atoms with Crippen molar-refractivity contribution in [3.63, 3.8) is 0 Å². The number of rotatable bonds is 3. The molecule has 2 aromatic rings. The van der Waals surface area contributed by atoms with Crippen molar-refractivity contribution in [1.29, 1.82) is 0 Å². The third-order valence-corrected chi connectivity index (χ3v) is 5.20. The first-order chi connectivity index (χ1) is 14.4. The van der Waals surface area contributed by atoms with E-state index in [-0.39, 0.29) is 16.6 Å². The second-order valence-corrected chi connectivity index (χ2v) is 7.41. The number of anilines is 2. The summed E-state index contributed by atoms with van der Waals surface area (Å²) in [7, 11) is 0. The summed E-state index contributed by atoms with van der Waals surface area (Å²) in [6.07, 6.45) is 1.37. The molecule has 0 aromatic heterocycles. The SMILES string of the molecule is CC1=NN(c2ccccc2)C(=O)[C@@H]1/C=C1\C(=O)NC(=S)N(c2ccc(C)cc2)C1=O. The van der Waals surface area contributed by atoms with Crippen LogP contribution in [0.4, 0.5) is 11.4 Å². The van der Waals surface area contributed by atoms with Crippen molar-refractivity contribution in [2.24, 2.45) is 11.0 Å². The Balaban J connectivity index is 1.67. The van der Waals surface area contributed by atoms with E-state index in [1.165, 1.54) is 16.0 Å². The highest BCUT2D eigenvalue weighted by atomic mass is 32.1. The molecule has 150 valence electrons. The predicted octanol–water partition coefficient (Wildman–Crippen LogP) is 2.71. The van der Waals surface area contributed by atoms with Crippen LogP contribution in [0, 0.1) is 12.8 Å². The number of carbonyl (C=O) groups excluding carboxylic acids is 3. The van der Waals surface area contributed by atoms with Gasteiger partial charge in [0.25, 0.3) is 17.7 Å². The van der Waals surface area contributed by atoms with Gasteiger partial charge in [-0.25, -0.2) is 0 Å². The van der Waals surface area contributed by atoms with Gasteiger partial charge in [0.1, 0.15) is 5.57 Å². The molecule has 0 bridgehead atoms. The van der Waals surface area contributed by atoms with Crippen molar-refractivity contribution in [3.05, 3.63) is 71.8 Å². The first kappa shape index (κ1) is 19.7. The number of carbonyl (C=O) groups is 3. The highest BCUT2D eigenvalue weighted by molar-refractivity contribution is 7.80. The van der Waals surface area contributed by atoms with Crippen molar-refractivity contribution in [2.45, 2.75) is 13.8 Å². The van der Waals surface area contributed by atoms with Crippen LogP contribution < -0.4 is 15.2 Å². The van der Waals surface area contributed by atoms with Crippen LogP contribution in [-0.4, -0.2) is 28.5 Å². The second kappa shape index (κ2) is 7.64. The number of aryl methyl sites for hydroxylation is 1. The molecule has 2 heterocycles. The highest BCUT2D eigenvalue weighted by Gasteiger charge is 2.39. The smallest absolute Gasteiger partial charge is 0.269 e. The average Bonchev–Trinajstić information content (AvgIpc) is 3.01. The molecule has 3 amide bonds. The maximum Gasteiger partial charge on any atom is 0.269 e. The van der Waals surface area contributed by atoms with Gasteiger partial charge in [0.2, 0.25) is 0 Å². The Bertz CT molecular complexity index is 1120. The van der Waals surface area contributed by atoms with Crippen molar-refractivity contribution < 1.29 is 14.4 Å². The van der Waals surface area contributed by atoms with Gasteiger partial charge in [-0.15, -0.1) is 0 Å². The topological polar surface area (TPSA) is 82.1 Å². The number of hydrogen-bond acceptors (Lipinski definition) is 5. The fraction of sp³-hybridized carbons (Fsp3) is 0.136. The minimum atomic E-state index is -0.818. The molecule has 8 heteroatoms. The number of amides is 3. The summed E-state index contributed by atoms with van der Waals surface area (Å²) in [6.45, 7) is 3.62. The number of thiocarbonyl (C=S) groups is 1. The number of nitrogens with zero attached hydrogens (tertiary/aromatic N) is 3. The Labute approximate surface area is 178 Å². The lowest BCUT2D eigenvalue weighted by atomic mass is 9.98. The lowest BCUT2D eigenvalue weighted by Crippen LogP contribution is -2.54. The fourth-order valence-corrected chi connectivity index (χ4v) is 3.58. The Morgan fingerprint density at radius 2 is 1.63 bits per heavy atom. The molecule has 4 rings (SSSR count). The quantitative estimate of drug-likeness (QED) is 0.472. The van der Waals surface area contributed by atoms with E-state index in [2.05, 4.69) is 10.4 Å². The van der Waals surface area contributed by atoms with Crippen LogP contribution in [-0.2, 0) is 14.4 Å². The van der Waals surface area contributed by atoms with Crippen molar-refractivity contribution in [2.75, 3.05) is 9.91 Å². The zero-order valence-corrected chi connectivity index (χ0v) is 17.1. The molecule has 0 radical (unpaired) electrons. The van der Waals surface area contributed by atoms with Gasteiger partial charge in [-0.3, -0.25) is 24.6 Å². The Kier molecular flexibility index (Phi) is 5.01. The standard InChI is InChI=1S/C22H18N4O3S/c1-13-8-10-15(11-9-13)25-20(28)18(19(27)23-22(25)30)12-17-14(2)24-26(21(17)29)16-6-4-3-5-7-16/h3-12,17H,1-2H3,(H,23,27,30)/b18-12+/t17-/m1/s1. The fourth-order valence-electron chi connectivity index (χ4n) is 3.30. The van der Waals surface area contributed by atoms with Crippen LogP contribution in [0.5, 0.6) is 0 Å². The van der Waals surface area contributed by atoms with Gasteiger partial charge in [-0.1, -0.05) is 35.9 Å². The summed E-state index contributed by atoms with van der Waals surface area (Å²) >= 11 is 5.21. The summed E-state index contributed by atoms with van der Waals surface area (Å²) in [4.78, 5) is 39.8. The molecule has 2 aromatic carbocycles. The first-order valence-electron chi connectivity index (χ1n) is 9.29. The zero-order valence-electron chi connectivity index (χ0n) is 16.3. The average molecular weight is 418 g/mol. The van der Waals surface area contributed by atoms with Crippen LogP contribution in [0.3, 0.4) is 0 Å². The lowest BCUT2D eigenvalue weighted by molar-refractivity contribution is -0.122. The number of hydrogen-bond donors (Lipinski definition) is 1. The molecule has 0 unspecified atom stereocenters. The van der Waals surface area contributed by atoms with E-state index < -0.39 is 17.7 Å². The molecule has 2 aliphatic heterocycles. The van der Waals surface area contributed by atoms with Crippen LogP contribution in [0.25, 0.3) is 0 Å². The van der Waals surface area contributed by atoms with Gasteiger partial charge < -0.3 is 0 Å². The Morgan fingerprint density at radius 3 is 2.30 bits per heavy atom. The highest BCUT2D eigenvalue weighted by Crippen LogP contribution is 2.27. The molecule has 0 saturated carbocycles. The number of benzene rings is 2. The zero-order chi connectivity index (χ0) is 21.4. The molecule has 0 spiro atoms. The maximum absolute atomic E-state index is 13.1. The number of nitrogens with one attached hydrogen (secondary N) is 1. The molecule has 1 atom stereocenters. The van der Waals surface area contributed by atoms with Gasteiger partial charge in [-0.2, -0.15) is 10.1 Å². The van der Waals surface area contributed by atoms with Crippen LogP contribution >= 0.6 is 12.2 Å². The summed E-state index contributed by atoms with van der Waals surface area (Å²) in [5.41, 5.74) is 2.53. The van der Waals surface area contributed by atoms with Gasteiger partial charge in [0, 0.05) is 0 Å². The maximum atomic E-state index is 13.1. The van der Waals surface area contributed by atoms with Gasteiger partial charge in [-0.05, 0) is 56.4 Å². The van der Waals surface area contributed by atoms with Gasteiger partial charge in [0.15, 0.2) is 5.11 Å². The summed E-state index contributed by atoms with van der Waals surface area (Å²) in [5, 5.41) is 8.13.